The van der Waals surface area contributed by atoms with Crippen molar-refractivity contribution in [3.8, 4) is 11.5 Å². The van der Waals surface area contributed by atoms with E-state index in [2.05, 4.69) is 34.4 Å². The van der Waals surface area contributed by atoms with E-state index in [1.165, 1.54) is 19.4 Å². The molecule has 1 aromatic rings. The monoisotopic (exact) mass is 490 g/mol. The topological polar surface area (TPSA) is 58.1 Å². The lowest BCUT2D eigenvalue weighted by atomic mass is 10.1. The first-order valence-corrected chi connectivity index (χ1v) is 9.59. The van der Waals surface area contributed by atoms with Crippen LogP contribution in [0, 0.1) is 5.92 Å². The van der Waals surface area contributed by atoms with E-state index < -0.39 is 0 Å². The molecule has 0 amide bonds. The van der Waals surface area contributed by atoms with E-state index >= 15 is 0 Å². The summed E-state index contributed by atoms with van der Waals surface area (Å²) in [4.78, 5) is 6.94. The molecule has 2 rings (SSSR count). The first-order chi connectivity index (χ1) is 12.6. The fourth-order valence-corrected chi connectivity index (χ4v) is 3.39. The van der Waals surface area contributed by atoms with Gasteiger partial charge >= 0.3 is 0 Å². The highest BCUT2D eigenvalue weighted by atomic mass is 127. The first-order valence-electron chi connectivity index (χ1n) is 9.59. The maximum Gasteiger partial charge on any atom is 0.195 e. The molecule has 1 aliphatic rings. The molecule has 0 radical (unpaired) electrons. The van der Waals surface area contributed by atoms with Gasteiger partial charge < -0.3 is 20.1 Å². The van der Waals surface area contributed by atoms with Crippen LogP contribution in [0.25, 0.3) is 0 Å². The van der Waals surface area contributed by atoms with Crippen LogP contribution in [-0.4, -0.2) is 57.3 Å². The molecule has 0 aliphatic carbocycles. The number of rotatable bonds is 8. The number of methoxy groups -OCH3 is 1. The SMILES string of the molecule is CCOc1ccc(NC(=NC)NC[C@H]2CCCN2CC(C)C)cc1OC.I. The lowest BCUT2D eigenvalue weighted by molar-refractivity contribution is 0.227. The molecule has 27 heavy (non-hydrogen) atoms. The Balaban J connectivity index is 0.00000364. The van der Waals surface area contributed by atoms with E-state index in [9.17, 15) is 0 Å². The summed E-state index contributed by atoms with van der Waals surface area (Å²) in [5, 5.41) is 6.80. The van der Waals surface area contributed by atoms with Crippen LogP contribution in [0.4, 0.5) is 5.69 Å². The van der Waals surface area contributed by atoms with Crippen LogP contribution in [0.2, 0.25) is 0 Å². The largest absolute Gasteiger partial charge is 0.493 e. The zero-order valence-corrected chi connectivity index (χ0v) is 19.6. The van der Waals surface area contributed by atoms with E-state index in [0.717, 1.165) is 30.5 Å². The average Bonchev–Trinajstić information content (AvgIpc) is 3.06. The summed E-state index contributed by atoms with van der Waals surface area (Å²) in [6, 6.07) is 6.39. The Hall–Kier alpha value is -1.22. The van der Waals surface area contributed by atoms with Gasteiger partial charge in [0, 0.05) is 37.9 Å². The number of halogens is 1. The second-order valence-electron chi connectivity index (χ2n) is 7.06. The molecule has 0 bridgehead atoms. The van der Waals surface area contributed by atoms with Crippen LogP contribution < -0.4 is 20.1 Å². The number of hydrogen-bond acceptors (Lipinski definition) is 4. The zero-order valence-electron chi connectivity index (χ0n) is 17.2. The number of hydrogen-bond donors (Lipinski definition) is 2. The summed E-state index contributed by atoms with van der Waals surface area (Å²) in [5.74, 6) is 2.93. The third-order valence-corrected chi connectivity index (χ3v) is 4.55. The minimum atomic E-state index is 0. The van der Waals surface area contributed by atoms with Crippen molar-refractivity contribution in [1.29, 1.82) is 0 Å². The number of anilines is 1. The van der Waals surface area contributed by atoms with E-state index in [4.69, 9.17) is 9.47 Å². The Morgan fingerprint density at radius 1 is 1.33 bits per heavy atom. The molecule has 1 atom stereocenters. The normalized spacial score (nSPS) is 17.6. The van der Waals surface area contributed by atoms with Crippen LogP contribution in [0.1, 0.15) is 33.6 Å². The van der Waals surface area contributed by atoms with E-state index in [1.54, 1.807) is 14.2 Å². The molecule has 1 saturated heterocycles. The van der Waals surface area contributed by atoms with Crippen LogP contribution in [-0.2, 0) is 0 Å². The lowest BCUT2D eigenvalue weighted by Crippen LogP contribution is -2.43. The molecule has 0 unspecified atom stereocenters. The van der Waals surface area contributed by atoms with Crippen molar-refractivity contribution in [2.45, 2.75) is 39.7 Å². The predicted molar refractivity (Wildman–Crippen MR) is 124 cm³/mol. The van der Waals surface area contributed by atoms with Crippen LogP contribution in [0.3, 0.4) is 0 Å². The Kier molecular flexibility index (Phi) is 10.8. The van der Waals surface area contributed by atoms with Gasteiger partial charge in [-0.05, 0) is 44.4 Å². The smallest absolute Gasteiger partial charge is 0.195 e. The van der Waals surface area contributed by atoms with Crippen molar-refractivity contribution in [3.05, 3.63) is 18.2 Å². The predicted octanol–water partition coefficient (Wildman–Crippen LogP) is 3.82. The van der Waals surface area contributed by atoms with Crippen molar-refractivity contribution in [1.82, 2.24) is 10.2 Å². The summed E-state index contributed by atoms with van der Waals surface area (Å²) in [6.07, 6.45) is 2.52. The molecule has 0 spiro atoms. The number of ether oxygens (including phenoxy) is 2. The van der Waals surface area contributed by atoms with Crippen molar-refractivity contribution < 1.29 is 9.47 Å². The second-order valence-corrected chi connectivity index (χ2v) is 7.06. The summed E-state index contributed by atoms with van der Waals surface area (Å²) in [7, 11) is 3.44. The summed E-state index contributed by atoms with van der Waals surface area (Å²) in [5.41, 5.74) is 0.920. The number of likely N-dealkylation sites (tertiary alicyclic amines) is 1. The molecule has 1 fully saturated rings. The number of guanidine groups is 1. The number of nitrogens with zero attached hydrogens (tertiary/aromatic N) is 2. The maximum absolute atomic E-state index is 5.57. The summed E-state index contributed by atoms with van der Waals surface area (Å²) < 4.78 is 11.0. The summed E-state index contributed by atoms with van der Waals surface area (Å²) >= 11 is 0. The summed E-state index contributed by atoms with van der Waals surface area (Å²) in [6.45, 7) is 10.4. The number of nitrogens with one attached hydrogen (secondary N) is 2. The maximum atomic E-state index is 5.57. The highest BCUT2D eigenvalue weighted by molar-refractivity contribution is 14.0. The van der Waals surface area contributed by atoms with Gasteiger partial charge in [0.25, 0.3) is 0 Å². The Morgan fingerprint density at radius 3 is 2.74 bits per heavy atom. The Morgan fingerprint density at radius 2 is 2.11 bits per heavy atom. The minimum Gasteiger partial charge on any atom is -0.493 e. The average molecular weight is 490 g/mol. The molecule has 6 nitrogen and oxygen atoms in total. The fourth-order valence-electron chi connectivity index (χ4n) is 3.39. The van der Waals surface area contributed by atoms with Gasteiger partial charge in [-0.15, -0.1) is 24.0 Å². The van der Waals surface area contributed by atoms with Crippen molar-refractivity contribution in [3.63, 3.8) is 0 Å². The van der Waals surface area contributed by atoms with Gasteiger partial charge in [-0.25, -0.2) is 0 Å². The van der Waals surface area contributed by atoms with Gasteiger partial charge in [0.05, 0.1) is 13.7 Å². The van der Waals surface area contributed by atoms with E-state index in [1.807, 2.05) is 25.1 Å². The third-order valence-electron chi connectivity index (χ3n) is 4.55. The van der Waals surface area contributed by atoms with Crippen molar-refractivity contribution >= 4 is 35.6 Å². The third kappa shape index (κ3) is 7.37. The van der Waals surface area contributed by atoms with E-state index in [-0.39, 0.29) is 24.0 Å². The highest BCUT2D eigenvalue weighted by Crippen LogP contribution is 2.30. The lowest BCUT2D eigenvalue weighted by Gasteiger charge is -2.27. The quantitative estimate of drug-likeness (QED) is 0.330. The first kappa shape index (κ1) is 23.8. The van der Waals surface area contributed by atoms with Crippen molar-refractivity contribution in [2.24, 2.45) is 10.9 Å². The Bertz CT molecular complexity index is 595. The standard InChI is InChI=1S/C20H34N4O2.HI/c1-6-26-18-10-9-16(12-19(18)25-5)23-20(21-4)22-13-17-8-7-11-24(17)14-15(2)3;/h9-10,12,15,17H,6-8,11,13-14H2,1-5H3,(H2,21,22,23);1H/t17-;/m1./s1. The second kappa shape index (κ2) is 12.3. The molecule has 1 heterocycles. The van der Waals surface area contributed by atoms with Gasteiger partial charge in [0.1, 0.15) is 0 Å². The van der Waals surface area contributed by atoms with Gasteiger partial charge in [0.15, 0.2) is 17.5 Å². The van der Waals surface area contributed by atoms with Crippen molar-refractivity contribution in [2.75, 3.05) is 45.7 Å². The zero-order chi connectivity index (χ0) is 18.9. The highest BCUT2D eigenvalue weighted by Gasteiger charge is 2.24. The fraction of sp³-hybridized carbons (Fsp3) is 0.650. The van der Waals surface area contributed by atoms with E-state index in [0.29, 0.717) is 24.3 Å². The molecule has 154 valence electrons. The number of benzene rings is 1. The van der Waals surface area contributed by atoms with Crippen LogP contribution in [0.5, 0.6) is 11.5 Å². The van der Waals surface area contributed by atoms with Crippen LogP contribution in [0.15, 0.2) is 23.2 Å². The van der Waals surface area contributed by atoms with Crippen LogP contribution >= 0.6 is 24.0 Å². The molecular formula is C20H35IN4O2. The number of aliphatic imine (C=N–C) groups is 1. The molecule has 2 N–H and O–H groups in total. The molecule has 0 aromatic heterocycles. The minimum absolute atomic E-state index is 0. The molecule has 0 saturated carbocycles. The molecule has 1 aliphatic heterocycles. The van der Waals surface area contributed by atoms with Gasteiger partial charge in [0.2, 0.25) is 0 Å². The van der Waals surface area contributed by atoms with Gasteiger partial charge in [-0.2, -0.15) is 0 Å². The molecule has 7 heteroatoms. The van der Waals surface area contributed by atoms with Gasteiger partial charge in [-0.1, -0.05) is 13.8 Å². The molecule has 1 aromatic carbocycles. The molecular weight excluding hydrogens is 455 g/mol. The van der Waals surface area contributed by atoms with Gasteiger partial charge in [-0.3, -0.25) is 9.89 Å². The Labute approximate surface area is 181 Å².